The van der Waals surface area contributed by atoms with E-state index < -0.39 is 0 Å². The highest BCUT2D eigenvalue weighted by Gasteiger charge is 2.64. The van der Waals surface area contributed by atoms with E-state index in [4.69, 9.17) is 9.47 Å². The molecule has 0 aromatic heterocycles. The number of likely N-dealkylation sites (tertiary alicyclic amines) is 1. The molecule has 0 unspecified atom stereocenters. The molecule has 6 rings (SSSR count). The van der Waals surface area contributed by atoms with Crippen molar-refractivity contribution < 1.29 is 19.1 Å². The number of hydrogen-bond acceptors (Lipinski definition) is 4. The zero-order valence-electron chi connectivity index (χ0n) is 23.1. The number of amides is 1. The van der Waals surface area contributed by atoms with Crippen LogP contribution in [0.15, 0.2) is 23.0 Å². The van der Waals surface area contributed by atoms with Crippen molar-refractivity contribution in [3.05, 3.63) is 23.0 Å². The van der Waals surface area contributed by atoms with Crippen molar-refractivity contribution >= 4 is 11.9 Å². The second-order valence-corrected chi connectivity index (χ2v) is 13.7. The predicted molar refractivity (Wildman–Crippen MR) is 139 cm³/mol. The Morgan fingerprint density at radius 3 is 2.61 bits per heavy atom. The van der Waals surface area contributed by atoms with Crippen molar-refractivity contribution in [3.63, 3.8) is 0 Å². The third-order valence-electron chi connectivity index (χ3n) is 11.7. The second kappa shape index (κ2) is 8.36. The van der Waals surface area contributed by atoms with Gasteiger partial charge in [0.1, 0.15) is 18.0 Å². The average molecular weight is 496 g/mol. The fourth-order valence-corrected chi connectivity index (χ4v) is 10.2. The van der Waals surface area contributed by atoms with E-state index in [-0.39, 0.29) is 41.0 Å². The van der Waals surface area contributed by atoms with Crippen LogP contribution in [0, 0.1) is 40.4 Å². The van der Waals surface area contributed by atoms with Gasteiger partial charge in [0.15, 0.2) is 0 Å². The first-order chi connectivity index (χ1) is 17.0. The Balaban J connectivity index is 1.25. The molecule has 198 valence electrons. The lowest BCUT2D eigenvalue weighted by Crippen LogP contribution is -2.50. The molecule has 1 amide bonds. The normalized spacial score (nSPS) is 47.4. The molecule has 0 N–H and O–H groups in total. The van der Waals surface area contributed by atoms with Crippen LogP contribution in [0.4, 0.5) is 0 Å². The summed E-state index contributed by atoms with van der Waals surface area (Å²) >= 11 is 0. The third kappa shape index (κ3) is 3.46. The topological polar surface area (TPSA) is 55.8 Å². The summed E-state index contributed by atoms with van der Waals surface area (Å²) in [5.74, 6) is 4.31. The standard InChI is InChI=1S/C31H45NO4/c1-17-13-26(32(16-17)19(3)33)29-18(2)28-27(36-29)15-25-23-8-7-21-14-22(35-20(4)34)9-11-30(21,5)24(23)10-12-31(25,28)6/h7,17,22-28H,8-16H2,1-6H3/t17-,22-,23+,24-,25-,26+,27+,28-,30-,31-/m0/s1. The van der Waals surface area contributed by atoms with Crippen LogP contribution in [0.1, 0.15) is 92.9 Å². The molecule has 0 radical (unpaired) electrons. The lowest BCUT2D eigenvalue weighted by Gasteiger charge is -2.58. The number of allylic oxidation sites excluding steroid dienone is 1. The van der Waals surface area contributed by atoms with Crippen molar-refractivity contribution in [1.29, 1.82) is 0 Å². The fraction of sp³-hybridized carbons (Fsp3) is 0.806. The lowest BCUT2D eigenvalue weighted by molar-refractivity contribution is -0.148. The van der Waals surface area contributed by atoms with Gasteiger partial charge in [0.05, 0.1) is 6.04 Å². The molecule has 6 aliphatic rings. The molecule has 0 bridgehead atoms. The van der Waals surface area contributed by atoms with Crippen molar-refractivity contribution in [2.45, 2.75) is 111 Å². The molecule has 36 heavy (non-hydrogen) atoms. The monoisotopic (exact) mass is 495 g/mol. The summed E-state index contributed by atoms with van der Waals surface area (Å²) in [7, 11) is 0. The molecule has 0 spiro atoms. The van der Waals surface area contributed by atoms with E-state index in [1.807, 2.05) is 0 Å². The van der Waals surface area contributed by atoms with Gasteiger partial charge in [-0.25, -0.2) is 0 Å². The van der Waals surface area contributed by atoms with Crippen LogP contribution in [-0.4, -0.2) is 41.6 Å². The van der Waals surface area contributed by atoms with Crippen molar-refractivity contribution in [1.82, 2.24) is 4.90 Å². The highest BCUT2D eigenvalue weighted by molar-refractivity contribution is 5.74. The molecular weight excluding hydrogens is 450 g/mol. The molecule has 1 saturated heterocycles. The summed E-state index contributed by atoms with van der Waals surface area (Å²) < 4.78 is 12.5. The van der Waals surface area contributed by atoms with Gasteiger partial charge in [-0.3, -0.25) is 9.59 Å². The first-order valence-corrected chi connectivity index (χ1v) is 14.5. The van der Waals surface area contributed by atoms with Crippen molar-refractivity contribution in [2.75, 3.05) is 6.54 Å². The van der Waals surface area contributed by atoms with Gasteiger partial charge in [0.2, 0.25) is 5.91 Å². The summed E-state index contributed by atoms with van der Waals surface area (Å²) in [6.07, 6.45) is 11.8. The highest BCUT2D eigenvalue weighted by Crippen LogP contribution is 2.69. The molecule has 5 heteroatoms. The Labute approximate surface area is 217 Å². The molecule has 0 aromatic carbocycles. The molecule has 0 aromatic rings. The van der Waals surface area contributed by atoms with E-state index in [0.717, 1.165) is 56.7 Å². The zero-order chi connectivity index (χ0) is 25.6. The largest absolute Gasteiger partial charge is 0.492 e. The van der Waals surface area contributed by atoms with Crippen LogP contribution in [0.2, 0.25) is 0 Å². The lowest BCUT2D eigenvalue weighted by atomic mass is 9.47. The number of nitrogens with zero attached hydrogens (tertiary/aromatic N) is 1. The van der Waals surface area contributed by atoms with Crippen molar-refractivity contribution in [3.8, 4) is 0 Å². The van der Waals surface area contributed by atoms with Gasteiger partial charge in [0.25, 0.3) is 0 Å². The van der Waals surface area contributed by atoms with Gasteiger partial charge in [-0.05, 0) is 91.9 Å². The van der Waals surface area contributed by atoms with Gasteiger partial charge in [-0.1, -0.05) is 32.4 Å². The SMILES string of the molecule is CC(=O)O[C@H]1CC[C@@]2(C)C(=CC[C@H]3[C@@H]4C[C@H]5OC([C@H]6C[C@H](C)CN6C(C)=O)=C(C)[C@@H]5[C@@]4(C)CC[C@@H]32)C1. The number of carbonyl (C=O) groups is 2. The van der Waals surface area contributed by atoms with Gasteiger partial charge in [-0.15, -0.1) is 0 Å². The molecule has 5 nitrogen and oxygen atoms in total. The number of hydrogen-bond donors (Lipinski definition) is 0. The number of ether oxygens (including phenoxy) is 2. The minimum Gasteiger partial charge on any atom is -0.492 e. The van der Waals surface area contributed by atoms with E-state index in [9.17, 15) is 9.59 Å². The summed E-state index contributed by atoms with van der Waals surface area (Å²) in [5, 5.41) is 0. The molecule has 2 aliphatic heterocycles. The van der Waals surface area contributed by atoms with Gasteiger partial charge in [-0.2, -0.15) is 0 Å². The van der Waals surface area contributed by atoms with Crippen LogP contribution in [0.25, 0.3) is 0 Å². The van der Waals surface area contributed by atoms with Crippen LogP contribution in [-0.2, 0) is 19.1 Å². The number of carbonyl (C=O) groups excluding carboxylic acids is 2. The van der Waals surface area contributed by atoms with Crippen LogP contribution >= 0.6 is 0 Å². The summed E-state index contributed by atoms with van der Waals surface area (Å²) in [4.78, 5) is 26.0. The predicted octanol–water partition coefficient (Wildman–Crippen LogP) is 6.04. The van der Waals surface area contributed by atoms with Gasteiger partial charge < -0.3 is 14.4 Å². The summed E-state index contributed by atoms with van der Waals surface area (Å²) in [6.45, 7) is 13.7. The maximum atomic E-state index is 12.4. The molecule has 3 saturated carbocycles. The van der Waals surface area contributed by atoms with E-state index in [0.29, 0.717) is 23.7 Å². The average Bonchev–Trinajstić information content (AvgIpc) is 3.44. The minimum atomic E-state index is -0.148. The van der Waals surface area contributed by atoms with E-state index >= 15 is 0 Å². The Hall–Kier alpha value is -1.78. The quantitative estimate of drug-likeness (QED) is 0.346. The minimum absolute atomic E-state index is 0.0607. The van der Waals surface area contributed by atoms with E-state index in [2.05, 4.69) is 38.7 Å². The maximum absolute atomic E-state index is 12.4. The first kappa shape index (κ1) is 24.6. The van der Waals surface area contributed by atoms with Crippen LogP contribution in [0.3, 0.4) is 0 Å². The second-order valence-electron chi connectivity index (χ2n) is 13.7. The molecule has 4 aliphatic carbocycles. The molecule has 2 heterocycles. The Bertz CT molecular complexity index is 1030. The number of esters is 1. The number of rotatable bonds is 2. The van der Waals surface area contributed by atoms with E-state index in [1.54, 1.807) is 12.5 Å². The first-order valence-electron chi connectivity index (χ1n) is 14.5. The molecular formula is C31H45NO4. The smallest absolute Gasteiger partial charge is 0.302 e. The van der Waals surface area contributed by atoms with Gasteiger partial charge in [0, 0.05) is 32.7 Å². The van der Waals surface area contributed by atoms with Gasteiger partial charge >= 0.3 is 5.97 Å². The fourth-order valence-electron chi connectivity index (χ4n) is 10.2. The van der Waals surface area contributed by atoms with Crippen molar-refractivity contribution in [2.24, 2.45) is 40.4 Å². The third-order valence-corrected chi connectivity index (χ3v) is 11.7. The zero-order valence-corrected chi connectivity index (χ0v) is 23.1. The molecule has 4 fully saturated rings. The Kier molecular flexibility index (Phi) is 5.70. The Morgan fingerprint density at radius 2 is 1.89 bits per heavy atom. The summed E-state index contributed by atoms with van der Waals surface area (Å²) in [6, 6.07) is 0.132. The highest BCUT2D eigenvalue weighted by atomic mass is 16.5. The number of fused-ring (bicyclic) bond motifs is 7. The van der Waals surface area contributed by atoms with Crippen LogP contribution in [0.5, 0.6) is 0 Å². The molecule has 10 atom stereocenters. The van der Waals surface area contributed by atoms with E-state index in [1.165, 1.54) is 25.3 Å². The summed E-state index contributed by atoms with van der Waals surface area (Å²) in [5.41, 5.74) is 3.52. The van der Waals surface area contributed by atoms with Crippen LogP contribution < -0.4 is 0 Å². The Morgan fingerprint density at radius 1 is 1.11 bits per heavy atom. The maximum Gasteiger partial charge on any atom is 0.302 e.